The standard InChI is InChI=1S/C14H23NO2/c1-9-6-11(14(2,3)4)13(17-5)7-10(9)12(16)8-15/h6-7,12,16H,8,15H2,1-5H3. The monoisotopic (exact) mass is 237 g/mol. The molecule has 1 aromatic rings. The Morgan fingerprint density at radius 2 is 1.94 bits per heavy atom. The fraction of sp³-hybridized carbons (Fsp3) is 0.571. The van der Waals surface area contributed by atoms with Gasteiger partial charge in [0.25, 0.3) is 0 Å². The maximum atomic E-state index is 9.84. The first kappa shape index (κ1) is 14.0. The Hall–Kier alpha value is -1.06. The number of benzene rings is 1. The van der Waals surface area contributed by atoms with Crippen molar-refractivity contribution in [3.8, 4) is 5.75 Å². The highest BCUT2D eigenvalue weighted by molar-refractivity contribution is 5.46. The number of aliphatic hydroxyl groups excluding tert-OH is 1. The van der Waals surface area contributed by atoms with Crippen LogP contribution in [-0.4, -0.2) is 18.8 Å². The Labute approximate surface area is 104 Å². The van der Waals surface area contributed by atoms with Gasteiger partial charge in [-0.3, -0.25) is 0 Å². The third-order valence-electron chi connectivity index (χ3n) is 2.98. The third-order valence-corrected chi connectivity index (χ3v) is 2.98. The summed E-state index contributed by atoms with van der Waals surface area (Å²) < 4.78 is 5.41. The van der Waals surface area contributed by atoms with E-state index in [-0.39, 0.29) is 12.0 Å². The number of methoxy groups -OCH3 is 1. The largest absolute Gasteiger partial charge is 0.496 e. The fourth-order valence-corrected chi connectivity index (χ4v) is 1.94. The minimum absolute atomic E-state index is 0.0162. The van der Waals surface area contributed by atoms with Crippen molar-refractivity contribution >= 4 is 0 Å². The summed E-state index contributed by atoms with van der Waals surface area (Å²) in [5, 5.41) is 9.84. The van der Waals surface area contributed by atoms with Crippen molar-refractivity contribution in [3.05, 3.63) is 28.8 Å². The molecule has 0 heterocycles. The van der Waals surface area contributed by atoms with E-state index in [0.717, 1.165) is 22.4 Å². The van der Waals surface area contributed by atoms with Crippen LogP contribution in [0.25, 0.3) is 0 Å². The van der Waals surface area contributed by atoms with E-state index >= 15 is 0 Å². The summed E-state index contributed by atoms with van der Waals surface area (Å²) in [6, 6.07) is 3.97. The lowest BCUT2D eigenvalue weighted by Gasteiger charge is -2.24. The maximum Gasteiger partial charge on any atom is 0.122 e. The van der Waals surface area contributed by atoms with Gasteiger partial charge < -0.3 is 15.6 Å². The van der Waals surface area contributed by atoms with E-state index in [2.05, 4.69) is 26.8 Å². The molecule has 3 heteroatoms. The van der Waals surface area contributed by atoms with Crippen LogP contribution in [0.3, 0.4) is 0 Å². The van der Waals surface area contributed by atoms with Gasteiger partial charge in [-0.1, -0.05) is 26.8 Å². The number of aliphatic hydroxyl groups is 1. The second kappa shape index (κ2) is 5.07. The van der Waals surface area contributed by atoms with Gasteiger partial charge in [0.1, 0.15) is 5.75 Å². The van der Waals surface area contributed by atoms with Crippen molar-refractivity contribution in [1.29, 1.82) is 0 Å². The highest BCUT2D eigenvalue weighted by Gasteiger charge is 2.21. The van der Waals surface area contributed by atoms with Crippen molar-refractivity contribution in [2.24, 2.45) is 5.73 Å². The number of nitrogens with two attached hydrogens (primary N) is 1. The molecule has 96 valence electrons. The Morgan fingerprint density at radius 3 is 2.35 bits per heavy atom. The summed E-state index contributed by atoms with van der Waals surface area (Å²) in [6.45, 7) is 8.64. The maximum absolute atomic E-state index is 9.84. The minimum Gasteiger partial charge on any atom is -0.496 e. The van der Waals surface area contributed by atoms with Gasteiger partial charge in [0.15, 0.2) is 0 Å². The molecule has 1 unspecified atom stereocenters. The second-order valence-corrected chi connectivity index (χ2v) is 5.41. The molecule has 0 aromatic heterocycles. The zero-order valence-electron chi connectivity index (χ0n) is 11.4. The van der Waals surface area contributed by atoms with Gasteiger partial charge in [0.05, 0.1) is 13.2 Å². The lowest BCUT2D eigenvalue weighted by atomic mass is 9.84. The molecule has 0 aliphatic carbocycles. The molecule has 0 amide bonds. The summed E-state index contributed by atoms with van der Waals surface area (Å²) >= 11 is 0. The topological polar surface area (TPSA) is 55.5 Å². The van der Waals surface area contributed by atoms with Gasteiger partial charge in [0.2, 0.25) is 0 Å². The molecule has 0 fully saturated rings. The first-order valence-electron chi connectivity index (χ1n) is 5.88. The van der Waals surface area contributed by atoms with E-state index < -0.39 is 6.10 Å². The Balaban J connectivity index is 3.35. The summed E-state index contributed by atoms with van der Waals surface area (Å²) in [5.74, 6) is 0.811. The first-order chi connectivity index (χ1) is 7.81. The van der Waals surface area contributed by atoms with E-state index in [1.807, 2.05) is 13.0 Å². The molecular formula is C14H23NO2. The average Bonchev–Trinajstić information content (AvgIpc) is 2.26. The Morgan fingerprint density at radius 1 is 1.35 bits per heavy atom. The molecule has 0 spiro atoms. The predicted octanol–water partition coefficient (Wildman–Crippen LogP) is 2.29. The van der Waals surface area contributed by atoms with E-state index in [4.69, 9.17) is 10.5 Å². The lowest BCUT2D eigenvalue weighted by molar-refractivity contribution is 0.185. The molecule has 3 nitrogen and oxygen atoms in total. The Bertz CT molecular complexity index is 394. The molecule has 1 aromatic carbocycles. The van der Waals surface area contributed by atoms with Gasteiger partial charge in [-0.05, 0) is 35.1 Å². The Kier molecular flexibility index (Phi) is 4.17. The van der Waals surface area contributed by atoms with Crippen molar-refractivity contribution in [1.82, 2.24) is 0 Å². The number of aryl methyl sites for hydroxylation is 1. The van der Waals surface area contributed by atoms with E-state index in [1.165, 1.54) is 0 Å². The quantitative estimate of drug-likeness (QED) is 0.848. The highest BCUT2D eigenvalue weighted by Crippen LogP contribution is 2.35. The normalized spacial score (nSPS) is 13.6. The zero-order valence-corrected chi connectivity index (χ0v) is 11.4. The predicted molar refractivity (Wildman–Crippen MR) is 70.4 cm³/mol. The number of ether oxygens (including phenoxy) is 1. The van der Waals surface area contributed by atoms with Crippen LogP contribution in [0.1, 0.15) is 43.6 Å². The van der Waals surface area contributed by atoms with Crippen molar-refractivity contribution in [3.63, 3.8) is 0 Å². The van der Waals surface area contributed by atoms with Crippen LogP contribution in [0, 0.1) is 6.92 Å². The average molecular weight is 237 g/mol. The van der Waals surface area contributed by atoms with Gasteiger partial charge in [-0.25, -0.2) is 0 Å². The van der Waals surface area contributed by atoms with Crippen LogP contribution in [0.5, 0.6) is 5.75 Å². The van der Waals surface area contributed by atoms with Crippen molar-refractivity contribution in [2.45, 2.75) is 39.2 Å². The molecule has 0 aliphatic heterocycles. The van der Waals surface area contributed by atoms with Crippen LogP contribution in [-0.2, 0) is 5.41 Å². The van der Waals surface area contributed by atoms with E-state index in [1.54, 1.807) is 7.11 Å². The van der Waals surface area contributed by atoms with Crippen LogP contribution in [0.15, 0.2) is 12.1 Å². The summed E-state index contributed by atoms with van der Waals surface area (Å²) in [5.41, 5.74) is 8.55. The molecule has 0 aliphatic rings. The molecule has 17 heavy (non-hydrogen) atoms. The van der Waals surface area contributed by atoms with Gasteiger partial charge in [-0.15, -0.1) is 0 Å². The van der Waals surface area contributed by atoms with E-state index in [9.17, 15) is 5.11 Å². The van der Waals surface area contributed by atoms with Crippen LogP contribution in [0.2, 0.25) is 0 Å². The van der Waals surface area contributed by atoms with Crippen molar-refractivity contribution in [2.75, 3.05) is 13.7 Å². The van der Waals surface area contributed by atoms with Crippen LogP contribution in [0.4, 0.5) is 0 Å². The molecule has 0 bridgehead atoms. The smallest absolute Gasteiger partial charge is 0.122 e. The minimum atomic E-state index is -0.627. The summed E-state index contributed by atoms with van der Waals surface area (Å²) in [6.07, 6.45) is -0.627. The number of hydrogen-bond donors (Lipinski definition) is 2. The molecule has 1 rings (SSSR count). The number of hydrogen-bond acceptors (Lipinski definition) is 3. The second-order valence-electron chi connectivity index (χ2n) is 5.41. The molecule has 0 saturated heterocycles. The third kappa shape index (κ3) is 2.99. The van der Waals surface area contributed by atoms with Crippen molar-refractivity contribution < 1.29 is 9.84 Å². The zero-order chi connectivity index (χ0) is 13.2. The summed E-state index contributed by atoms with van der Waals surface area (Å²) in [4.78, 5) is 0. The van der Waals surface area contributed by atoms with Gasteiger partial charge in [0, 0.05) is 6.54 Å². The molecular weight excluding hydrogens is 214 g/mol. The van der Waals surface area contributed by atoms with Crippen LogP contribution >= 0.6 is 0 Å². The molecule has 0 radical (unpaired) electrons. The molecule has 0 saturated carbocycles. The highest BCUT2D eigenvalue weighted by atomic mass is 16.5. The fourth-order valence-electron chi connectivity index (χ4n) is 1.94. The summed E-state index contributed by atoms with van der Waals surface area (Å²) in [7, 11) is 1.65. The van der Waals surface area contributed by atoms with E-state index in [0.29, 0.717) is 0 Å². The van der Waals surface area contributed by atoms with Gasteiger partial charge in [-0.2, -0.15) is 0 Å². The SMILES string of the molecule is COc1cc(C(O)CN)c(C)cc1C(C)(C)C. The lowest BCUT2D eigenvalue weighted by Crippen LogP contribution is -2.16. The van der Waals surface area contributed by atoms with Gasteiger partial charge >= 0.3 is 0 Å². The first-order valence-corrected chi connectivity index (χ1v) is 5.88. The molecule has 3 N–H and O–H groups in total. The molecule has 1 atom stereocenters. The van der Waals surface area contributed by atoms with Crippen LogP contribution < -0.4 is 10.5 Å². The number of rotatable bonds is 3.